The molecule has 0 saturated heterocycles. The summed E-state index contributed by atoms with van der Waals surface area (Å²) < 4.78 is 33.0. The molecule has 0 aromatic carbocycles. The number of aryl methyl sites for hydroxylation is 2. The van der Waals surface area contributed by atoms with Gasteiger partial charge in [0.15, 0.2) is 5.82 Å². The van der Waals surface area contributed by atoms with Gasteiger partial charge in [-0.1, -0.05) is 5.16 Å². The quantitative estimate of drug-likeness (QED) is 0.866. The lowest BCUT2D eigenvalue weighted by atomic mass is 10.2. The van der Waals surface area contributed by atoms with E-state index >= 15 is 0 Å². The summed E-state index contributed by atoms with van der Waals surface area (Å²) in [6, 6.07) is 3.35. The van der Waals surface area contributed by atoms with E-state index in [1.54, 1.807) is 37.5 Å². The number of aromatic nitrogens is 2. The van der Waals surface area contributed by atoms with Crippen molar-refractivity contribution in [2.75, 3.05) is 13.1 Å². The molecule has 128 valence electrons. The number of hydrogen-bond donors (Lipinski definition) is 2. The summed E-state index contributed by atoms with van der Waals surface area (Å²) in [5.41, 5.74) is 6.60. The highest BCUT2D eigenvalue weighted by molar-refractivity contribution is 5.95. The summed E-state index contributed by atoms with van der Waals surface area (Å²) in [6.07, 6.45) is 0. The van der Waals surface area contributed by atoms with E-state index < -0.39 is 24.9 Å². The van der Waals surface area contributed by atoms with Gasteiger partial charge in [0.25, 0.3) is 11.8 Å². The standard InChI is InChI=1S/C14H18F2N4O2.ClH/c1-8-4-11(13(21)18-7-14(15,16)6-17)10(3)20(8)12-5-9(2)22-19-12;/h4-5H,6-7,17H2,1-3H3,(H,18,21);1H. The van der Waals surface area contributed by atoms with Crippen LogP contribution in [-0.2, 0) is 0 Å². The molecule has 6 nitrogen and oxygen atoms in total. The minimum Gasteiger partial charge on any atom is -0.360 e. The van der Waals surface area contributed by atoms with Crippen molar-refractivity contribution >= 4 is 18.3 Å². The molecular weight excluding hydrogens is 330 g/mol. The van der Waals surface area contributed by atoms with Crippen molar-refractivity contribution in [2.24, 2.45) is 5.73 Å². The second-order valence-electron chi connectivity index (χ2n) is 5.16. The molecule has 0 bridgehead atoms. The fourth-order valence-corrected chi connectivity index (χ4v) is 2.18. The second-order valence-corrected chi connectivity index (χ2v) is 5.16. The van der Waals surface area contributed by atoms with E-state index in [0.29, 0.717) is 22.8 Å². The van der Waals surface area contributed by atoms with Crippen molar-refractivity contribution in [2.45, 2.75) is 26.7 Å². The normalized spacial score (nSPS) is 11.2. The Hall–Kier alpha value is -1.93. The third kappa shape index (κ3) is 4.08. The number of hydrogen-bond acceptors (Lipinski definition) is 4. The molecule has 3 N–H and O–H groups in total. The van der Waals surface area contributed by atoms with Gasteiger partial charge in [-0.2, -0.15) is 0 Å². The number of carbonyl (C=O) groups is 1. The number of rotatable bonds is 5. The van der Waals surface area contributed by atoms with Crippen LogP contribution < -0.4 is 11.1 Å². The molecule has 2 heterocycles. The lowest BCUT2D eigenvalue weighted by Gasteiger charge is -2.14. The Morgan fingerprint density at radius 1 is 1.39 bits per heavy atom. The van der Waals surface area contributed by atoms with Crippen molar-refractivity contribution in [3.05, 3.63) is 34.8 Å². The number of halogens is 3. The molecule has 23 heavy (non-hydrogen) atoms. The van der Waals surface area contributed by atoms with Gasteiger partial charge >= 0.3 is 0 Å². The van der Waals surface area contributed by atoms with Gasteiger partial charge in [-0.15, -0.1) is 12.4 Å². The molecule has 0 unspecified atom stereocenters. The summed E-state index contributed by atoms with van der Waals surface area (Å²) in [4.78, 5) is 12.1. The molecule has 2 aromatic heterocycles. The van der Waals surface area contributed by atoms with Crippen LogP contribution in [0.15, 0.2) is 16.7 Å². The molecule has 2 aromatic rings. The van der Waals surface area contributed by atoms with Crippen molar-refractivity contribution in [1.29, 1.82) is 0 Å². The van der Waals surface area contributed by atoms with Gasteiger partial charge in [0.2, 0.25) is 0 Å². The molecule has 0 aliphatic rings. The van der Waals surface area contributed by atoms with Crippen LogP contribution in [0.25, 0.3) is 5.82 Å². The highest BCUT2D eigenvalue weighted by Gasteiger charge is 2.28. The smallest absolute Gasteiger partial charge is 0.277 e. The highest BCUT2D eigenvalue weighted by Crippen LogP contribution is 2.21. The van der Waals surface area contributed by atoms with Crippen molar-refractivity contribution in [1.82, 2.24) is 15.0 Å². The first-order valence-electron chi connectivity index (χ1n) is 6.74. The van der Waals surface area contributed by atoms with Gasteiger partial charge in [0, 0.05) is 17.5 Å². The fraction of sp³-hybridized carbons (Fsp3) is 0.429. The van der Waals surface area contributed by atoms with Crippen LogP contribution in [0.5, 0.6) is 0 Å². The van der Waals surface area contributed by atoms with Gasteiger partial charge in [-0.25, -0.2) is 8.78 Å². The Bertz CT molecular complexity index is 697. The molecule has 0 atom stereocenters. The van der Waals surface area contributed by atoms with Crippen molar-refractivity contribution in [3.8, 4) is 5.82 Å². The summed E-state index contributed by atoms with van der Waals surface area (Å²) >= 11 is 0. The fourth-order valence-electron chi connectivity index (χ4n) is 2.18. The van der Waals surface area contributed by atoms with Crippen LogP contribution >= 0.6 is 12.4 Å². The van der Waals surface area contributed by atoms with Crippen LogP contribution in [-0.4, -0.2) is 34.6 Å². The number of amides is 1. The van der Waals surface area contributed by atoms with E-state index in [0.717, 1.165) is 5.69 Å². The zero-order chi connectivity index (χ0) is 16.5. The largest absolute Gasteiger partial charge is 0.360 e. The first kappa shape index (κ1) is 19.1. The predicted octanol–water partition coefficient (Wildman–Crippen LogP) is 2.14. The summed E-state index contributed by atoms with van der Waals surface area (Å²) in [6.45, 7) is 3.65. The van der Waals surface area contributed by atoms with Crippen LogP contribution in [0.3, 0.4) is 0 Å². The molecular formula is C14H19ClF2N4O2. The van der Waals surface area contributed by atoms with E-state index in [1.807, 2.05) is 0 Å². The maximum Gasteiger partial charge on any atom is 0.277 e. The Kier molecular flexibility index (Phi) is 5.90. The van der Waals surface area contributed by atoms with Crippen LogP contribution in [0.2, 0.25) is 0 Å². The van der Waals surface area contributed by atoms with Gasteiger partial charge < -0.3 is 15.6 Å². The zero-order valence-corrected chi connectivity index (χ0v) is 13.8. The lowest BCUT2D eigenvalue weighted by Crippen LogP contribution is -2.41. The minimum absolute atomic E-state index is 0. The van der Waals surface area contributed by atoms with E-state index in [4.69, 9.17) is 10.3 Å². The third-order valence-electron chi connectivity index (χ3n) is 3.33. The lowest BCUT2D eigenvalue weighted by molar-refractivity contribution is 0.0118. The van der Waals surface area contributed by atoms with Crippen molar-refractivity contribution < 1.29 is 18.1 Å². The maximum atomic E-state index is 13.1. The second kappa shape index (κ2) is 7.10. The number of alkyl halides is 2. The first-order valence-corrected chi connectivity index (χ1v) is 6.74. The maximum absolute atomic E-state index is 13.1. The monoisotopic (exact) mass is 348 g/mol. The number of nitrogens with two attached hydrogens (primary N) is 1. The van der Waals surface area contributed by atoms with Gasteiger partial charge in [0.05, 0.1) is 18.7 Å². The van der Waals surface area contributed by atoms with Gasteiger partial charge in [-0.05, 0) is 26.8 Å². The molecule has 2 rings (SSSR count). The Morgan fingerprint density at radius 3 is 2.57 bits per heavy atom. The van der Waals surface area contributed by atoms with E-state index in [1.165, 1.54) is 0 Å². The van der Waals surface area contributed by atoms with E-state index in [9.17, 15) is 13.6 Å². The number of nitrogens with one attached hydrogen (secondary N) is 1. The molecule has 1 amide bonds. The van der Waals surface area contributed by atoms with Crippen molar-refractivity contribution in [3.63, 3.8) is 0 Å². The molecule has 9 heteroatoms. The van der Waals surface area contributed by atoms with E-state index in [2.05, 4.69) is 10.5 Å². The number of nitrogens with zero attached hydrogens (tertiary/aromatic N) is 2. The highest BCUT2D eigenvalue weighted by atomic mass is 35.5. The SMILES string of the molecule is Cc1cc(-n2c(C)cc(C(=O)NCC(F)(F)CN)c2C)no1.Cl. The summed E-state index contributed by atoms with van der Waals surface area (Å²) in [5, 5.41) is 6.10. The third-order valence-corrected chi connectivity index (χ3v) is 3.33. The molecule has 0 radical (unpaired) electrons. The Morgan fingerprint density at radius 2 is 2.04 bits per heavy atom. The topological polar surface area (TPSA) is 86.1 Å². The first-order chi connectivity index (χ1) is 10.2. The molecule has 0 fully saturated rings. The number of carbonyl (C=O) groups excluding carboxylic acids is 1. The molecule has 0 aliphatic carbocycles. The van der Waals surface area contributed by atoms with Crippen LogP contribution in [0.4, 0.5) is 8.78 Å². The Balaban J connectivity index is 0.00000264. The van der Waals surface area contributed by atoms with E-state index in [-0.39, 0.29) is 12.4 Å². The molecule has 0 spiro atoms. The summed E-state index contributed by atoms with van der Waals surface area (Å²) in [5.74, 6) is -2.52. The Labute approximate surface area is 138 Å². The average molecular weight is 349 g/mol. The molecule has 0 saturated carbocycles. The van der Waals surface area contributed by atoms with Gasteiger partial charge in [0.1, 0.15) is 5.76 Å². The van der Waals surface area contributed by atoms with Crippen LogP contribution in [0.1, 0.15) is 27.5 Å². The average Bonchev–Trinajstić information content (AvgIpc) is 3.00. The van der Waals surface area contributed by atoms with Crippen LogP contribution in [0, 0.1) is 20.8 Å². The predicted molar refractivity (Wildman–Crippen MR) is 83.6 cm³/mol. The summed E-state index contributed by atoms with van der Waals surface area (Å²) in [7, 11) is 0. The molecule has 0 aliphatic heterocycles. The minimum atomic E-state index is -3.12. The zero-order valence-electron chi connectivity index (χ0n) is 13.0. The van der Waals surface area contributed by atoms with Gasteiger partial charge in [-0.3, -0.25) is 9.36 Å².